The third kappa shape index (κ3) is 4.86. The number of aromatic nitrogens is 4. The Kier molecular flexibility index (Phi) is 7.57. The van der Waals surface area contributed by atoms with Crippen molar-refractivity contribution in [1.29, 1.82) is 0 Å². The molecular formula is C66H50N4. The summed E-state index contributed by atoms with van der Waals surface area (Å²) in [6.07, 6.45) is 13.4. The van der Waals surface area contributed by atoms with Crippen molar-refractivity contribution in [3.8, 4) is 11.4 Å². The second-order valence-electron chi connectivity index (χ2n) is 21.2. The van der Waals surface area contributed by atoms with Crippen LogP contribution in [0.25, 0.3) is 131 Å². The molecule has 6 aromatic heterocycles. The molecule has 2 saturated carbocycles. The van der Waals surface area contributed by atoms with Crippen molar-refractivity contribution in [2.45, 2.75) is 76.0 Å². The van der Waals surface area contributed by atoms with Crippen LogP contribution in [-0.2, 0) is 0 Å². The van der Waals surface area contributed by atoms with Crippen LogP contribution in [0, 0.1) is 0 Å². The highest BCUT2D eigenvalue weighted by molar-refractivity contribution is 6.40. The van der Waals surface area contributed by atoms with Crippen molar-refractivity contribution in [2.24, 2.45) is 0 Å². The molecule has 70 heavy (non-hydrogen) atoms. The topological polar surface area (TPSA) is 18.7 Å². The average Bonchev–Trinajstić information content (AvgIpc) is 4.26. The van der Waals surface area contributed by atoms with E-state index in [0.717, 1.165) is 0 Å². The van der Waals surface area contributed by atoms with Gasteiger partial charge >= 0.3 is 0 Å². The molecule has 0 amide bonds. The maximum atomic E-state index is 2.60. The smallest absolute Gasteiger partial charge is 0.0628 e. The zero-order chi connectivity index (χ0) is 45.3. The molecule has 0 atom stereocenters. The minimum atomic E-state index is 0.673. The van der Waals surface area contributed by atoms with E-state index in [-0.39, 0.29) is 0 Å². The monoisotopic (exact) mass is 898 g/mol. The molecule has 0 saturated heterocycles. The van der Waals surface area contributed by atoms with Gasteiger partial charge in [0.05, 0.1) is 55.2 Å². The summed E-state index contributed by atoms with van der Waals surface area (Å²) in [5, 5.41) is 15.8. The van der Waals surface area contributed by atoms with Crippen LogP contribution in [0.2, 0.25) is 0 Å². The molecule has 2 aliphatic carbocycles. The standard InChI is InChI=1S/C66H50N4/c1-3-15-39(16-4-1)41-27-31-43(32-28-41)67-55-25-13-9-21-47(55)61-59(67)36-49-45-19-7-11-23-53(45)69-57-38-58-52(35-51(57)63(61)65(49)69)64-62-48-22-10-14-26-56(48)68(44-33-29-42(30-34-44)40-17-5-2-6-18-40)60(62)37-50-46-20-8-12-24-54(46)70(58)66(50)64/h7-14,19-40H,1-6,15-18H2. The van der Waals surface area contributed by atoms with Crippen LogP contribution in [0.15, 0.2) is 170 Å². The number of rotatable bonds is 4. The van der Waals surface area contributed by atoms with Crippen LogP contribution in [0.1, 0.15) is 87.2 Å². The number of hydrogen-bond donors (Lipinski definition) is 0. The van der Waals surface area contributed by atoms with Gasteiger partial charge in [0.1, 0.15) is 0 Å². The Morgan fingerprint density at radius 1 is 0.271 bits per heavy atom. The summed E-state index contributed by atoms with van der Waals surface area (Å²) in [5.41, 5.74) is 18.2. The summed E-state index contributed by atoms with van der Waals surface area (Å²) in [7, 11) is 0. The summed E-state index contributed by atoms with van der Waals surface area (Å²) < 4.78 is 10.3. The van der Waals surface area contributed by atoms with Crippen LogP contribution in [-0.4, -0.2) is 17.9 Å². The van der Waals surface area contributed by atoms with Gasteiger partial charge in [-0.15, -0.1) is 0 Å². The highest BCUT2D eigenvalue weighted by Crippen LogP contribution is 2.51. The van der Waals surface area contributed by atoms with E-state index < -0.39 is 0 Å². The van der Waals surface area contributed by atoms with Gasteiger partial charge in [-0.3, -0.25) is 0 Å². The summed E-state index contributed by atoms with van der Waals surface area (Å²) in [6.45, 7) is 0. The van der Waals surface area contributed by atoms with Crippen LogP contribution < -0.4 is 0 Å². The van der Waals surface area contributed by atoms with E-state index in [9.17, 15) is 0 Å². The number of fused-ring (bicyclic) bond motifs is 20. The number of para-hydroxylation sites is 4. The number of benzene rings is 9. The fourth-order valence-electron chi connectivity index (χ4n) is 14.7. The molecule has 4 heteroatoms. The van der Waals surface area contributed by atoms with E-state index in [4.69, 9.17) is 0 Å². The molecule has 0 N–H and O–H groups in total. The molecular weight excluding hydrogens is 849 g/mol. The summed E-state index contributed by atoms with van der Waals surface area (Å²) >= 11 is 0. The van der Waals surface area contributed by atoms with E-state index in [1.54, 1.807) is 0 Å². The van der Waals surface area contributed by atoms with Gasteiger partial charge < -0.3 is 17.9 Å². The maximum absolute atomic E-state index is 2.60. The van der Waals surface area contributed by atoms with Crippen molar-refractivity contribution in [2.75, 3.05) is 0 Å². The highest BCUT2D eigenvalue weighted by atomic mass is 15.0. The lowest BCUT2D eigenvalue weighted by Crippen LogP contribution is -2.04. The summed E-state index contributed by atoms with van der Waals surface area (Å²) in [4.78, 5) is 0. The minimum absolute atomic E-state index is 0.673. The second kappa shape index (κ2) is 13.9. The minimum Gasteiger partial charge on any atom is -0.309 e. The average molecular weight is 899 g/mol. The predicted molar refractivity (Wildman–Crippen MR) is 296 cm³/mol. The van der Waals surface area contributed by atoms with Crippen LogP contribution >= 0.6 is 0 Å². The SMILES string of the molecule is c1ccc2c(c1)c1c3c4cc5c6c7c8ccccc8n(-c8ccc(C9CCCCC9)cc8)c7cc7c8ccccc8n(c5cc4n4c5ccccc5c(cc1n2-c1ccc(C2CCCCC2)cc1)c34)c76. The molecule has 334 valence electrons. The molecule has 17 rings (SSSR count). The zero-order valence-electron chi connectivity index (χ0n) is 39.2. The fourth-order valence-corrected chi connectivity index (χ4v) is 14.7. The van der Waals surface area contributed by atoms with Crippen LogP contribution in [0.4, 0.5) is 0 Å². The highest BCUT2D eigenvalue weighted by Gasteiger charge is 2.29. The molecule has 6 heterocycles. The lowest BCUT2D eigenvalue weighted by molar-refractivity contribution is 0.443. The van der Waals surface area contributed by atoms with Crippen molar-refractivity contribution in [3.05, 3.63) is 181 Å². The van der Waals surface area contributed by atoms with E-state index in [2.05, 4.69) is 188 Å². The maximum Gasteiger partial charge on any atom is 0.0628 e. The number of nitrogens with zero attached hydrogens (tertiary/aromatic N) is 4. The summed E-state index contributed by atoms with van der Waals surface area (Å²) in [6, 6.07) is 66.0. The molecule has 0 unspecified atom stereocenters. The van der Waals surface area contributed by atoms with Gasteiger partial charge in [-0.1, -0.05) is 136 Å². The Morgan fingerprint density at radius 3 is 1.09 bits per heavy atom. The Balaban J connectivity index is 1.01. The molecule has 0 bridgehead atoms. The van der Waals surface area contributed by atoms with E-state index >= 15 is 0 Å². The largest absolute Gasteiger partial charge is 0.309 e. The van der Waals surface area contributed by atoms with Gasteiger partial charge in [0.15, 0.2) is 0 Å². The number of hydrogen-bond acceptors (Lipinski definition) is 0. The molecule has 0 radical (unpaired) electrons. The first-order chi connectivity index (χ1) is 34.8. The first-order valence-corrected chi connectivity index (χ1v) is 26.2. The van der Waals surface area contributed by atoms with Crippen LogP contribution in [0.5, 0.6) is 0 Å². The van der Waals surface area contributed by atoms with Crippen molar-refractivity contribution in [1.82, 2.24) is 17.9 Å². The zero-order valence-corrected chi connectivity index (χ0v) is 39.2. The van der Waals surface area contributed by atoms with Crippen molar-refractivity contribution < 1.29 is 0 Å². The lowest BCUT2D eigenvalue weighted by atomic mass is 9.84. The van der Waals surface area contributed by atoms with Crippen LogP contribution in [0.3, 0.4) is 0 Å². The Labute approximate surface area is 404 Å². The van der Waals surface area contributed by atoms with E-state index in [1.807, 2.05) is 0 Å². The van der Waals surface area contributed by atoms with Crippen molar-refractivity contribution >= 4 is 120 Å². The Bertz CT molecular complexity index is 4340. The Hall–Kier alpha value is -7.82. The molecule has 4 nitrogen and oxygen atoms in total. The van der Waals surface area contributed by atoms with Gasteiger partial charge in [0, 0.05) is 76.0 Å². The third-order valence-electron chi connectivity index (χ3n) is 17.8. The van der Waals surface area contributed by atoms with Gasteiger partial charge in [-0.2, -0.15) is 0 Å². The van der Waals surface area contributed by atoms with Gasteiger partial charge in [-0.25, -0.2) is 0 Å². The molecule has 9 aromatic carbocycles. The first-order valence-electron chi connectivity index (χ1n) is 26.2. The molecule has 15 aromatic rings. The third-order valence-corrected chi connectivity index (χ3v) is 17.8. The molecule has 0 spiro atoms. The normalized spacial score (nSPS) is 15.9. The predicted octanol–water partition coefficient (Wildman–Crippen LogP) is 18.3. The van der Waals surface area contributed by atoms with Gasteiger partial charge in [0.25, 0.3) is 0 Å². The molecule has 0 aliphatic heterocycles. The first kappa shape index (κ1) is 38.1. The fraction of sp³-hybridized carbons (Fsp3) is 0.182. The molecule has 2 aliphatic rings. The van der Waals surface area contributed by atoms with E-state index in [0.29, 0.717) is 11.8 Å². The summed E-state index contributed by atoms with van der Waals surface area (Å²) in [5.74, 6) is 1.35. The molecule has 2 fully saturated rings. The van der Waals surface area contributed by atoms with Crippen molar-refractivity contribution in [3.63, 3.8) is 0 Å². The second-order valence-corrected chi connectivity index (χ2v) is 21.2. The van der Waals surface area contributed by atoms with E-state index in [1.165, 1.54) is 207 Å². The van der Waals surface area contributed by atoms with Gasteiger partial charge in [0.2, 0.25) is 0 Å². The lowest BCUT2D eigenvalue weighted by Gasteiger charge is -2.22. The van der Waals surface area contributed by atoms with Gasteiger partial charge in [-0.05, 0) is 121 Å². The quantitative estimate of drug-likeness (QED) is 0.168. The Morgan fingerprint density at radius 2 is 0.657 bits per heavy atom.